The van der Waals surface area contributed by atoms with Gasteiger partial charge in [0.1, 0.15) is 11.6 Å². The van der Waals surface area contributed by atoms with E-state index in [1.165, 1.54) is 28.8 Å². The topological polar surface area (TPSA) is 65.1 Å². The largest absolute Gasteiger partial charge is 0.497 e. The Kier molecular flexibility index (Phi) is 7.90. The molecule has 2 fully saturated rings. The molecule has 34 heavy (non-hydrogen) atoms. The zero-order valence-electron chi connectivity index (χ0n) is 19.3. The maximum Gasteiger partial charge on any atom is 0.227 e. The van der Waals surface area contributed by atoms with E-state index in [0.717, 1.165) is 44.9 Å². The fourth-order valence-electron chi connectivity index (χ4n) is 4.47. The van der Waals surface area contributed by atoms with Crippen molar-refractivity contribution in [1.29, 1.82) is 0 Å². The summed E-state index contributed by atoms with van der Waals surface area (Å²) in [6.07, 6.45) is 1.00. The number of rotatable bonds is 8. The molecule has 182 valence electrons. The average Bonchev–Trinajstić information content (AvgIpc) is 3.25. The quantitative estimate of drug-likeness (QED) is 0.578. The van der Waals surface area contributed by atoms with Crippen molar-refractivity contribution < 1.29 is 18.7 Å². The van der Waals surface area contributed by atoms with Gasteiger partial charge in [0.25, 0.3) is 0 Å². The number of hydrogen-bond donors (Lipinski definition) is 1. The van der Waals surface area contributed by atoms with Crippen molar-refractivity contribution in [3.8, 4) is 5.75 Å². The van der Waals surface area contributed by atoms with Gasteiger partial charge in [0.2, 0.25) is 11.8 Å². The number of piperazine rings is 1. The van der Waals surface area contributed by atoms with Crippen molar-refractivity contribution in [2.24, 2.45) is 5.92 Å². The van der Waals surface area contributed by atoms with Crippen LogP contribution in [0.3, 0.4) is 0 Å². The Morgan fingerprint density at radius 1 is 1.12 bits per heavy atom. The summed E-state index contributed by atoms with van der Waals surface area (Å²) < 4.78 is 18.6. The van der Waals surface area contributed by atoms with Crippen LogP contribution in [0.2, 0.25) is 5.02 Å². The maximum absolute atomic E-state index is 13.4. The number of nitrogens with zero attached hydrogens (tertiary/aromatic N) is 3. The lowest BCUT2D eigenvalue weighted by molar-refractivity contribution is -0.126. The van der Waals surface area contributed by atoms with Crippen LogP contribution in [-0.2, 0) is 9.59 Å². The third-order valence-electron chi connectivity index (χ3n) is 6.47. The van der Waals surface area contributed by atoms with E-state index in [-0.39, 0.29) is 29.8 Å². The van der Waals surface area contributed by atoms with E-state index >= 15 is 0 Å². The first-order valence-electron chi connectivity index (χ1n) is 11.6. The summed E-state index contributed by atoms with van der Waals surface area (Å²) >= 11 is 5.83. The molecule has 0 radical (unpaired) electrons. The molecule has 1 N–H and O–H groups in total. The maximum atomic E-state index is 13.4. The van der Waals surface area contributed by atoms with Gasteiger partial charge in [-0.2, -0.15) is 0 Å². The molecule has 9 heteroatoms. The van der Waals surface area contributed by atoms with Crippen LogP contribution in [0.25, 0.3) is 0 Å². The zero-order valence-corrected chi connectivity index (χ0v) is 20.1. The van der Waals surface area contributed by atoms with Gasteiger partial charge in [0.15, 0.2) is 0 Å². The van der Waals surface area contributed by atoms with Crippen LogP contribution < -0.4 is 19.9 Å². The Morgan fingerprint density at radius 2 is 1.82 bits per heavy atom. The Morgan fingerprint density at radius 3 is 2.50 bits per heavy atom. The molecule has 0 spiro atoms. The molecule has 2 heterocycles. The van der Waals surface area contributed by atoms with E-state index in [0.29, 0.717) is 12.2 Å². The smallest absolute Gasteiger partial charge is 0.227 e. The Hall–Kier alpha value is -2.84. The molecule has 1 atom stereocenters. The molecule has 2 saturated heterocycles. The third kappa shape index (κ3) is 5.80. The lowest BCUT2D eigenvalue weighted by Gasteiger charge is -2.36. The van der Waals surface area contributed by atoms with Gasteiger partial charge >= 0.3 is 0 Å². The van der Waals surface area contributed by atoms with Crippen LogP contribution in [-0.4, -0.2) is 69.6 Å². The van der Waals surface area contributed by atoms with Crippen LogP contribution in [0.15, 0.2) is 42.5 Å². The van der Waals surface area contributed by atoms with Gasteiger partial charge in [-0.05, 0) is 55.4 Å². The highest BCUT2D eigenvalue weighted by atomic mass is 35.5. The van der Waals surface area contributed by atoms with Gasteiger partial charge in [-0.15, -0.1) is 0 Å². The number of carbonyl (C=O) groups is 2. The van der Waals surface area contributed by atoms with Gasteiger partial charge in [0.05, 0.1) is 18.1 Å². The highest BCUT2D eigenvalue weighted by Crippen LogP contribution is 2.28. The standard InChI is InChI=1S/C25H30ClFN4O3/c1-34-21-6-3-19(4-7-21)30-13-11-29(12-14-30)10-2-9-28-25(33)18-15-24(32)31(17-18)20-5-8-23(27)22(26)16-20/h3-8,16,18H,2,9-15,17H2,1H3,(H,28,33)/t18-/m1/s1. The fraction of sp³-hybridized carbons (Fsp3) is 0.440. The predicted octanol–water partition coefficient (Wildman–Crippen LogP) is 3.17. The molecule has 2 aromatic rings. The number of halogens is 2. The average molecular weight is 489 g/mol. The molecule has 2 aliphatic rings. The molecular weight excluding hydrogens is 459 g/mol. The predicted molar refractivity (Wildman–Crippen MR) is 131 cm³/mol. The van der Waals surface area contributed by atoms with E-state index in [2.05, 4.69) is 27.2 Å². The summed E-state index contributed by atoms with van der Waals surface area (Å²) in [5.74, 6) is -0.359. The molecule has 0 unspecified atom stereocenters. The molecular formula is C25H30ClFN4O3. The van der Waals surface area contributed by atoms with Gasteiger partial charge in [0, 0.05) is 57.1 Å². The summed E-state index contributed by atoms with van der Waals surface area (Å²) in [5.41, 5.74) is 1.72. The SMILES string of the molecule is COc1ccc(N2CCN(CCCNC(=O)[C@@H]3CC(=O)N(c4ccc(F)c(Cl)c4)C3)CC2)cc1. The second kappa shape index (κ2) is 11.1. The second-order valence-electron chi connectivity index (χ2n) is 8.68. The normalized spacial score (nSPS) is 18.9. The number of anilines is 2. The summed E-state index contributed by atoms with van der Waals surface area (Å²) in [7, 11) is 1.67. The highest BCUT2D eigenvalue weighted by molar-refractivity contribution is 6.31. The lowest BCUT2D eigenvalue weighted by Crippen LogP contribution is -2.47. The number of amides is 2. The number of ether oxygens (including phenoxy) is 1. The first-order chi connectivity index (χ1) is 16.4. The van der Waals surface area contributed by atoms with Crippen molar-refractivity contribution in [2.75, 3.05) is 62.7 Å². The second-order valence-corrected chi connectivity index (χ2v) is 9.08. The number of carbonyl (C=O) groups excluding carboxylic acids is 2. The Bertz CT molecular complexity index is 1010. The van der Waals surface area contributed by atoms with E-state index in [9.17, 15) is 14.0 Å². The van der Waals surface area contributed by atoms with Crippen LogP contribution in [0, 0.1) is 11.7 Å². The minimum absolute atomic E-state index is 0.0389. The zero-order chi connectivity index (χ0) is 24.1. The highest BCUT2D eigenvalue weighted by Gasteiger charge is 2.35. The van der Waals surface area contributed by atoms with Crippen LogP contribution in [0.5, 0.6) is 5.75 Å². The molecule has 7 nitrogen and oxygen atoms in total. The summed E-state index contributed by atoms with van der Waals surface area (Å²) in [6.45, 7) is 5.65. The Balaban J connectivity index is 1.16. The van der Waals surface area contributed by atoms with E-state index in [4.69, 9.17) is 16.3 Å². The lowest BCUT2D eigenvalue weighted by atomic mass is 10.1. The van der Waals surface area contributed by atoms with Gasteiger partial charge < -0.3 is 19.9 Å². The van der Waals surface area contributed by atoms with Crippen LogP contribution >= 0.6 is 11.6 Å². The van der Waals surface area contributed by atoms with Crippen molar-refractivity contribution in [3.05, 3.63) is 53.3 Å². The molecule has 0 bridgehead atoms. The van der Waals surface area contributed by atoms with Crippen molar-refractivity contribution in [3.63, 3.8) is 0 Å². The van der Waals surface area contributed by atoms with Crippen LogP contribution in [0.1, 0.15) is 12.8 Å². The minimum Gasteiger partial charge on any atom is -0.497 e. The third-order valence-corrected chi connectivity index (χ3v) is 6.76. The van der Waals surface area contributed by atoms with Crippen molar-refractivity contribution in [2.45, 2.75) is 12.8 Å². The number of methoxy groups -OCH3 is 1. The molecule has 4 rings (SSSR count). The molecule has 0 aromatic heterocycles. The Labute approximate surface area is 204 Å². The summed E-state index contributed by atoms with van der Waals surface area (Å²) in [5, 5.41) is 2.93. The van der Waals surface area contributed by atoms with Crippen LogP contribution in [0.4, 0.5) is 15.8 Å². The molecule has 2 aromatic carbocycles. The number of nitrogens with one attached hydrogen (secondary N) is 1. The van der Waals surface area contributed by atoms with Crippen molar-refractivity contribution >= 4 is 34.8 Å². The monoisotopic (exact) mass is 488 g/mol. The first-order valence-corrected chi connectivity index (χ1v) is 12.0. The van der Waals surface area contributed by atoms with Crippen molar-refractivity contribution in [1.82, 2.24) is 10.2 Å². The molecule has 0 saturated carbocycles. The first kappa shape index (κ1) is 24.3. The fourth-order valence-corrected chi connectivity index (χ4v) is 4.64. The minimum atomic E-state index is -0.534. The molecule has 2 aliphatic heterocycles. The van der Waals surface area contributed by atoms with E-state index in [1.54, 1.807) is 7.11 Å². The summed E-state index contributed by atoms with van der Waals surface area (Å²) in [6, 6.07) is 12.3. The molecule has 0 aliphatic carbocycles. The van der Waals surface area contributed by atoms with E-state index < -0.39 is 11.7 Å². The van der Waals surface area contributed by atoms with E-state index in [1.807, 2.05) is 12.1 Å². The van der Waals surface area contributed by atoms with Gasteiger partial charge in [-0.25, -0.2) is 4.39 Å². The van der Waals surface area contributed by atoms with Gasteiger partial charge in [-0.3, -0.25) is 14.5 Å². The molecule has 2 amide bonds. The van der Waals surface area contributed by atoms with Gasteiger partial charge in [-0.1, -0.05) is 11.6 Å². The summed E-state index contributed by atoms with van der Waals surface area (Å²) in [4.78, 5) is 31.2. The number of benzene rings is 2. The number of hydrogen-bond acceptors (Lipinski definition) is 5.